The number of carbonyl (C=O) groups is 1. The van der Waals surface area contributed by atoms with Gasteiger partial charge in [-0.1, -0.05) is 47.5 Å². The van der Waals surface area contributed by atoms with Crippen molar-refractivity contribution < 1.29 is 9.90 Å². The van der Waals surface area contributed by atoms with Crippen molar-refractivity contribution in [1.29, 1.82) is 0 Å². The molecular weight excluding hydrogens is 268 g/mol. The molecule has 0 atom stereocenters. The molecular formula is C17H18O2S. The van der Waals surface area contributed by atoms with E-state index in [2.05, 4.69) is 32.0 Å². The Bertz CT molecular complexity index is 600. The third-order valence-corrected chi connectivity index (χ3v) is 4.11. The zero-order chi connectivity index (χ0) is 14.5. The lowest BCUT2D eigenvalue weighted by atomic mass is 10.1. The normalized spacial score (nSPS) is 10.5. The summed E-state index contributed by atoms with van der Waals surface area (Å²) in [7, 11) is 0. The van der Waals surface area contributed by atoms with E-state index in [1.54, 1.807) is 23.9 Å². The van der Waals surface area contributed by atoms with Crippen LogP contribution in [0.1, 0.15) is 32.6 Å². The van der Waals surface area contributed by atoms with Gasteiger partial charge in [0.05, 0.1) is 5.56 Å². The molecule has 2 aromatic carbocycles. The number of hydrogen-bond acceptors (Lipinski definition) is 2. The molecule has 0 saturated heterocycles. The van der Waals surface area contributed by atoms with Gasteiger partial charge in [-0.15, -0.1) is 0 Å². The van der Waals surface area contributed by atoms with Crippen molar-refractivity contribution in [3.8, 4) is 0 Å². The molecule has 104 valence electrons. The van der Waals surface area contributed by atoms with E-state index in [1.807, 2.05) is 12.1 Å². The maximum absolute atomic E-state index is 11.1. The van der Waals surface area contributed by atoms with Gasteiger partial charge in [-0.25, -0.2) is 4.79 Å². The average Bonchev–Trinajstić information content (AvgIpc) is 2.38. The Morgan fingerprint density at radius 3 is 2.35 bits per heavy atom. The molecule has 0 aliphatic heterocycles. The van der Waals surface area contributed by atoms with Gasteiger partial charge in [-0.05, 0) is 31.0 Å². The molecule has 0 heterocycles. The van der Waals surface area contributed by atoms with E-state index in [0.29, 0.717) is 5.56 Å². The van der Waals surface area contributed by atoms with Crippen LogP contribution < -0.4 is 0 Å². The molecule has 0 unspecified atom stereocenters. The van der Waals surface area contributed by atoms with E-state index in [-0.39, 0.29) is 0 Å². The Kier molecular flexibility index (Phi) is 4.85. The minimum absolute atomic E-state index is 0.403. The van der Waals surface area contributed by atoms with Gasteiger partial charge in [-0.3, -0.25) is 0 Å². The van der Waals surface area contributed by atoms with Crippen LogP contribution in [0.15, 0.2) is 42.5 Å². The van der Waals surface area contributed by atoms with Crippen molar-refractivity contribution in [2.75, 3.05) is 0 Å². The van der Waals surface area contributed by atoms with E-state index in [4.69, 9.17) is 5.11 Å². The van der Waals surface area contributed by atoms with Gasteiger partial charge in [-0.2, -0.15) is 11.8 Å². The van der Waals surface area contributed by atoms with E-state index in [0.717, 1.165) is 17.1 Å². The molecule has 2 nitrogen and oxygen atoms in total. The molecule has 0 saturated carbocycles. The summed E-state index contributed by atoms with van der Waals surface area (Å²) < 4.78 is 0. The van der Waals surface area contributed by atoms with Crippen molar-refractivity contribution in [2.24, 2.45) is 0 Å². The summed E-state index contributed by atoms with van der Waals surface area (Å²) in [5, 5.41) is 9.15. The first kappa shape index (κ1) is 14.7. The minimum atomic E-state index is -0.854. The van der Waals surface area contributed by atoms with Crippen LogP contribution in [0, 0.1) is 13.8 Å². The highest BCUT2D eigenvalue weighted by Gasteiger charge is 2.08. The molecule has 0 spiro atoms. The molecule has 0 aromatic heterocycles. The maximum atomic E-state index is 11.1. The Hall–Kier alpha value is -1.74. The number of carboxylic acid groups (broad SMARTS) is 1. The van der Waals surface area contributed by atoms with Gasteiger partial charge in [0.2, 0.25) is 0 Å². The largest absolute Gasteiger partial charge is 0.478 e. The Morgan fingerprint density at radius 1 is 1.05 bits per heavy atom. The lowest BCUT2D eigenvalue weighted by molar-refractivity contribution is 0.0696. The number of carboxylic acids is 1. The first-order valence-electron chi connectivity index (χ1n) is 6.52. The lowest BCUT2D eigenvalue weighted by Gasteiger charge is -2.07. The highest BCUT2D eigenvalue weighted by Crippen LogP contribution is 2.21. The number of benzene rings is 2. The maximum Gasteiger partial charge on any atom is 0.335 e. The third kappa shape index (κ3) is 3.87. The number of aryl methyl sites for hydroxylation is 2. The zero-order valence-corrected chi connectivity index (χ0v) is 12.5. The number of thioether (sulfide) groups is 1. The second kappa shape index (κ2) is 6.62. The molecule has 0 bridgehead atoms. The summed E-state index contributed by atoms with van der Waals surface area (Å²) in [5.74, 6) is 0.763. The van der Waals surface area contributed by atoms with E-state index >= 15 is 0 Å². The fraction of sp³-hybridized carbons (Fsp3) is 0.235. The van der Waals surface area contributed by atoms with Gasteiger partial charge in [0, 0.05) is 11.5 Å². The molecule has 0 aliphatic carbocycles. The van der Waals surface area contributed by atoms with Gasteiger partial charge < -0.3 is 5.11 Å². The SMILES string of the molecule is Cc1cc(C)cc(CSCc2ccccc2C(=O)O)c1. The summed E-state index contributed by atoms with van der Waals surface area (Å²) in [6.45, 7) is 4.20. The van der Waals surface area contributed by atoms with Crippen molar-refractivity contribution >= 4 is 17.7 Å². The van der Waals surface area contributed by atoms with Crippen molar-refractivity contribution in [3.05, 3.63) is 70.3 Å². The first-order valence-corrected chi connectivity index (χ1v) is 7.68. The zero-order valence-electron chi connectivity index (χ0n) is 11.7. The molecule has 0 aliphatic rings. The second-order valence-electron chi connectivity index (χ2n) is 4.95. The quantitative estimate of drug-likeness (QED) is 0.883. The van der Waals surface area contributed by atoms with Crippen LogP contribution in [-0.4, -0.2) is 11.1 Å². The van der Waals surface area contributed by atoms with Gasteiger partial charge >= 0.3 is 5.97 Å². The van der Waals surface area contributed by atoms with Crippen LogP contribution >= 0.6 is 11.8 Å². The minimum Gasteiger partial charge on any atom is -0.478 e. The van der Waals surface area contributed by atoms with E-state index in [1.165, 1.54) is 16.7 Å². The standard InChI is InChI=1S/C17H18O2S/c1-12-7-13(2)9-14(8-12)10-20-11-15-5-3-4-6-16(15)17(18)19/h3-9H,10-11H2,1-2H3,(H,18,19). The highest BCUT2D eigenvalue weighted by molar-refractivity contribution is 7.97. The Balaban J connectivity index is 2.01. The lowest BCUT2D eigenvalue weighted by Crippen LogP contribution is -2.01. The van der Waals surface area contributed by atoms with Crippen LogP contribution in [-0.2, 0) is 11.5 Å². The fourth-order valence-electron chi connectivity index (χ4n) is 2.29. The average molecular weight is 286 g/mol. The summed E-state index contributed by atoms with van der Waals surface area (Å²) in [4.78, 5) is 11.1. The summed E-state index contributed by atoms with van der Waals surface area (Å²) in [5.41, 5.74) is 5.12. The molecule has 0 radical (unpaired) electrons. The topological polar surface area (TPSA) is 37.3 Å². The summed E-state index contributed by atoms with van der Waals surface area (Å²) in [6, 6.07) is 13.7. The third-order valence-electron chi connectivity index (χ3n) is 3.06. The smallest absolute Gasteiger partial charge is 0.335 e. The molecule has 0 amide bonds. The van der Waals surface area contributed by atoms with Gasteiger partial charge in [0.1, 0.15) is 0 Å². The second-order valence-corrected chi connectivity index (χ2v) is 5.94. The number of hydrogen-bond donors (Lipinski definition) is 1. The predicted molar refractivity (Wildman–Crippen MR) is 84.3 cm³/mol. The molecule has 2 rings (SSSR count). The monoisotopic (exact) mass is 286 g/mol. The summed E-state index contributed by atoms with van der Waals surface area (Å²) in [6.07, 6.45) is 0. The Labute approximate surface area is 123 Å². The van der Waals surface area contributed by atoms with Crippen molar-refractivity contribution in [2.45, 2.75) is 25.4 Å². The molecule has 0 fully saturated rings. The van der Waals surface area contributed by atoms with Crippen LogP contribution in [0.25, 0.3) is 0 Å². The summed E-state index contributed by atoms with van der Waals surface area (Å²) >= 11 is 1.75. The van der Waals surface area contributed by atoms with Gasteiger partial charge in [0.25, 0.3) is 0 Å². The molecule has 20 heavy (non-hydrogen) atoms. The van der Waals surface area contributed by atoms with E-state index < -0.39 is 5.97 Å². The van der Waals surface area contributed by atoms with Gasteiger partial charge in [0.15, 0.2) is 0 Å². The number of aromatic carboxylic acids is 1. The van der Waals surface area contributed by atoms with Crippen LogP contribution in [0.3, 0.4) is 0 Å². The van der Waals surface area contributed by atoms with Crippen molar-refractivity contribution in [3.63, 3.8) is 0 Å². The molecule has 3 heteroatoms. The Morgan fingerprint density at radius 2 is 1.70 bits per heavy atom. The van der Waals surface area contributed by atoms with Crippen LogP contribution in [0.2, 0.25) is 0 Å². The molecule has 1 N–H and O–H groups in total. The predicted octanol–water partition coefficient (Wildman–Crippen LogP) is 4.44. The van der Waals surface area contributed by atoms with Crippen LogP contribution in [0.4, 0.5) is 0 Å². The van der Waals surface area contributed by atoms with E-state index in [9.17, 15) is 4.79 Å². The van der Waals surface area contributed by atoms with Crippen LogP contribution in [0.5, 0.6) is 0 Å². The highest BCUT2D eigenvalue weighted by atomic mass is 32.2. The van der Waals surface area contributed by atoms with Crippen molar-refractivity contribution in [1.82, 2.24) is 0 Å². The molecule has 2 aromatic rings. The fourth-order valence-corrected chi connectivity index (χ4v) is 3.26. The first-order chi connectivity index (χ1) is 9.56. The number of rotatable bonds is 5.